The Kier molecular flexibility index (Phi) is 2.35. The number of H-pyrrole nitrogens is 1. The number of aromatic nitrogens is 2. The van der Waals surface area contributed by atoms with Gasteiger partial charge in [0.05, 0.1) is 11.0 Å². The van der Waals surface area contributed by atoms with Gasteiger partial charge < -0.3 is 9.55 Å². The standard InChI is InChI=1S/C11H11IN2S/c12-7-4-5-10-9(6-7)13-11(15)14(10)8-2-1-3-8/h4-6,8H,1-3H2,(H,13,15). The van der Waals surface area contributed by atoms with Gasteiger partial charge in [-0.25, -0.2) is 0 Å². The summed E-state index contributed by atoms with van der Waals surface area (Å²) in [6.45, 7) is 0. The van der Waals surface area contributed by atoms with Gasteiger partial charge >= 0.3 is 0 Å². The fraction of sp³-hybridized carbons (Fsp3) is 0.364. The van der Waals surface area contributed by atoms with E-state index in [9.17, 15) is 0 Å². The highest BCUT2D eigenvalue weighted by molar-refractivity contribution is 14.1. The van der Waals surface area contributed by atoms with Crippen LogP contribution >= 0.6 is 34.8 Å². The fourth-order valence-corrected chi connectivity index (χ4v) is 2.96. The lowest BCUT2D eigenvalue weighted by Gasteiger charge is -2.27. The lowest BCUT2D eigenvalue weighted by molar-refractivity contribution is 0.318. The van der Waals surface area contributed by atoms with Crippen molar-refractivity contribution in [2.45, 2.75) is 25.3 Å². The zero-order chi connectivity index (χ0) is 10.4. The highest BCUT2D eigenvalue weighted by Gasteiger charge is 2.21. The van der Waals surface area contributed by atoms with Crippen LogP contribution in [0.25, 0.3) is 11.0 Å². The summed E-state index contributed by atoms with van der Waals surface area (Å²) in [4.78, 5) is 3.29. The molecule has 0 atom stereocenters. The van der Waals surface area contributed by atoms with Crippen molar-refractivity contribution in [3.05, 3.63) is 26.5 Å². The Balaban J connectivity index is 2.27. The SMILES string of the molecule is S=c1[nH]c2cc(I)ccc2n1C1CCC1. The highest BCUT2D eigenvalue weighted by Crippen LogP contribution is 2.34. The molecule has 1 heterocycles. The molecule has 1 saturated carbocycles. The van der Waals surface area contributed by atoms with Gasteiger partial charge in [-0.05, 0) is 72.3 Å². The second kappa shape index (κ2) is 3.59. The van der Waals surface area contributed by atoms with E-state index in [1.54, 1.807) is 0 Å². The molecule has 1 aromatic carbocycles. The van der Waals surface area contributed by atoms with Gasteiger partial charge in [0.25, 0.3) is 0 Å². The van der Waals surface area contributed by atoms with E-state index in [4.69, 9.17) is 12.2 Å². The summed E-state index contributed by atoms with van der Waals surface area (Å²) in [7, 11) is 0. The average Bonchev–Trinajstić information content (AvgIpc) is 2.40. The molecule has 78 valence electrons. The van der Waals surface area contributed by atoms with E-state index in [-0.39, 0.29) is 0 Å². The molecule has 0 aliphatic heterocycles. The maximum absolute atomic E-state index is 5.38. The Hall–Kier alpha value is -0.360. The molecule has 4 heteroatoms. The van der Waals surface area contributed by atoms with Crippen LogP contribution in [0.2, 0.25) is 0 Å². The summed E-state index contributed by atoms with van der Waals surface area (Å²) < 4.78 is 4.40. The molecule has 0 amide bonds. The molecule has 0 saturated heterocycles. The number of rotatable bonds is 1. The maximum atomic E-state index is 5.38. The predicted octanol–water partition coefficient (Wildman–Crippen LogP) is 4.03. The number of benzene rings is 1. The van der Waals surface area contributed by atoms with Crippen molar-refractivity contribution in [3.8, 4) is 0 Å². The van der Waals surface area contributed by atoms with E-state index >= 15 is 0 Å². The minimum Gasteiger partial charge on any atom is -0.331 e. The molecule has 0 radical (unpaired) electrons. The van der Waals surface area contributed by atoms with Crippen LogP contribution in [0.1, 0.15) is 25.3 Å². The van der Waals surface area contributed by atoms with E-state index in [1.807, 2.05) is 0 Å². The molecule has 1 aromatic heterocycles. The Morgan fingerprint density at radius 2 is 2.20 bits per heavy atom. The van der Waals surface area contributed by atoms with Crippen LogP contribution in [0.4, 0.5) is 0 Å². The van der Waals surface area contributed by atoms with Crippen LogP contribution in [-0.2, 0) is 0 Å². The Morgan fingerprint density at radius 1 is 1.40 bits per heavy atom. The lowest BCUT2D eigenvalue weighted by atomic mass is 9.93. The highest BCUT2D eigenvalue weighted by atomic mass is 127. The molecule has 2 nitrogen and oxygen atoms in total. The normalized spacial score (nSPS) is 16.9. The zero-order valence-corrected chi connectivity index (χ0v) is 11.1. The molecule has 0 bridgehead atoms. The monoisotopic (exact) mass is 330 g/mol. The molecule has 15 heavy (non-hydrogen) atoms. The van der Waals surface area contributed by atoms with E-state index in [0.29, 0.717) is 6.04 Å². The largest absolute Gasteiger partial charge is 0.331 e. The number of imidazole rings is 1. The van der Waals surface area contributed by atoms with E-state index in [1.165, 1.54) is 33.9 Å². The van der Waals surface area contributed by atoms with E-state index in [0.717, 1.165) is 4.77 Å². The van der Waals surface area contributed by atoms with Crippen LogP contribution in [-0.4, -0.2) is 9.55 Å². The van der Waals surface area contributed by atoms with Gasteiger partial charge in [0.15, 0.2) is 4.77 Å². The summed E-state index contributed by atoms with van der Waals surface area (Å²) in [5, 5.41) is 0. The number of halogens is 1. The quantitative estimate of drug-likeness (QED) is 0.618. The van der Waals surface area contributed by atoms with Crippen molar-refractivity contribution in [1.82, 2.24) is 9.55 Å². The fourth-order valence-electron chi connectivity index (χ4n) is 2.11. The molecule has 1 fully saturated rings. The summed E-state index contributed by atoms with van der Waals surface area (Å²) >= 11 is 7.70. The number of fused-ring (bicyclic) bond motifs is 1. The molecule has 0 unspecified atom stereocenters. The van der Waals surface area contributed by atoms with Crippen molar-refractivity contribution >= 4 is 45.8 Å². The van der Waals surface area contributed by atoms with Gasteiger partial charge in [0.1, 0.15) is 0 Å². The molecular formula is C11H11IN2S. The third-order valence-electron chi connectivity index (χ3n) is 3.12. The number of hydrogen-bond donors (Lipinski definition) is 1. The molecule has 1 N–H and O–H groups in total. The van der Waals surface area contributed by atoms with Crippen molar-refractivity contribution in [2.24, 2.45) is 0 Å². The average molecular weight is 330 g/mol. The predicted molar refractivity (Wildman–Crippen MR) is 72.7 cm³/mol. The van der Waals surface area contributed by atoms with Crippen LogP contribution in [0.5, 0.6) is 0 Å². The van der Waals surface area contributed by atoms with Crippen LogP contribution in [0.3, 0.4) is 0 Å². The topological polar surface area (TPSA) is 20.7 Å². The van der Waals surface area contributed by atoms with Crippen molar-refractivity contribution in [1.29, 1.82) is 0 Å². The summed E-state index contributed by atoms with van der Waals surface area (Å²) in [5.41, 5.74) is 2.42. The van der Waals surface area contributed by atoms with Gasteiger partial charge in [-0.2, -0.15) is 0 Å². The summed E-state index contributed by atoms with van der Waals surface area (Å²) in [6, 6.07) is 7.09. The zero-order valence-electron chi connectivity index (χ0n) is 8.16. The van der Waals surface area contributed by atoms with Gasteiger partial charge in [0.2, 0.25) is 0 Å². The lowest BCUT2D eigenvalue weighted by Crippen LogP contribution is -2.16. The molecule has 3 rings (SSSR count). The number of hydrogen-bond acceptors (Lipinski definition) is 1. The Labute approximate surface area is 107 Å². The smallest absolute Gasteiger partial charge is 0.178 e. The first kappa shape index (κ1) is 9.84. The Morgan fingerprint density at radius 3 is 2.87 bits per heavy atom. The second-order valence-electron chi connectivity index (χ2n) is 4.05. The summed E-state index contributed by atoms with van der Waals surface area (Å²) in [5.74, 6) is 0. The second-order valence-corrected chi connectivity index (χ2v) is 5.68. The summed E-state index contributed by atoms with van der Waals surface area (Å²) in [6.07, 6.45) is 3.88. The maximum Gasteiger partial charge on any atom is 0.178 e. The van der Waals surface area contributed by atoms with Crippen LogP contribution < -0.4 is 0 Å². The molecule has 1 aliphatic rings. The first-order valence-corrected chi connectivity index (χ1v) is 6.64. The van der Waals surface area contributed by atoms with Crippen LogP contribution in [0.15, 0.2) is 18.2 Å². The van der Waals surface area contributed by atoms with Gasteiger partial charge in [-0.15, -0.1) is 0 Å². The first-order valence-electron chi connectivity index (χ1n) is 5.15. The molecule has 1 aliphatic carbocycles. The van der Waals surface area contributed by atoms with E-state index < -0.39 is 0 Å². The van der Waals surface area contributed by atoms with Gasteiger partial charge in [0, 0.05) is 9.61 Å². The number of nitrogens with zero attached hydrogens (tertiary/aromatic N) is 1. The van der Waals surface area contributed by atoms with Crippen molar-refractivity contribution < 1.29 is 0 Å². The van der Waals surface area contributed by atoms with Gasteiger partial charge in [-0.3, -0.25) is 0 Å². The van der Waals surface area contributed by atoms with E-state index in [2.05, 4.69) is 50.3 Å². The van der Waals surface area contributed by atoms with Gasteiger partial charge in [-0.1, -0.05) is 0 Å². The Bertz CT molecular complexity index is 565. The number of aromatic amines is 1. The minimum atomic E-state index is 0.631. The molecule has 2 aromatic rings. The minimum absolute atomic E-state index is 0.631. The van der Waals surface area contributed by atoms with Crippen molar-refractivity contribution in [2.75, 3.05) is 0 Å². The third kappa shape index (κ3) is 1.54. The number of nitrogens with one attached hydrogen (secondary N) is 1. The third-order valence-corrected chi connectivity index (χ3v) is 4.09. The first-order chi connectivity index (χ1) is 7.25. The van der Waals surface area contributed by atoms with Crippen LogP contribution in [0, 0.1) is 8.34 Å². The molecular weight excluding hydrogens is 319 g/mol. The molecule has 0 spiro atoms. The van der Waals surface area contributed by atoms with Crippen molar-refractivity contribution in [3.63, 3.8) is 0 Å².